The molecular weight excluding hydrogens is 350 g/mol. The molecule has 2 heterocycles. The van der Waals surface area contributed by atoms with E-state index < -0.39 is 5.41 Å². The molecule has 0 spiro atoms. The van der Waals surface area contributed by atoms with Crippen molar-refractivity contribution in [2.75, 3.05) is 0 Å². The van der Waals surface area contributed by atoms with Crippen molar-refractivity contribution in [3.05, 3.63) is 59.4 Å². The summed E-state index contributed by atoms with van der Waals surface area (Å²) in [4.78, 5) is 28.8. The summed E-state index contributed by atoms with van der Waals surface area (Å²) in [7, 11) is 1.85. The molecule has 0 amide bonds. The highest BCUT2D eigenvalue weighted by molar-refractivity contribution is 7.13. The molecule has 3 aromatic rings. The van der Waals surface area contributed by atoms with E-state index in [0.29, 0.717) is 5.69 Å². The Morgan fingerprint density at radius 2 is 2.08 bits per heavy atom. The minimum absolute atomic E-state index is 0.0818. The number of nitrogens with zero attached hydrogens (tertiary/aromatic N) is 3. The lowest BCUT2D eigenvalue weighted by molar-refractivity contribution is -0.160. The molecular formula is C19H17N3O3S. The number of ether oxygens (including phenoxy) is 1. The van der Waals surface area contributed by atoms with Crippen molar-refractivity contribution in [3.8, 4) is 10.6 Å². The van der Waals surface area contributed by atoms with Gasteiger partial charge in [0.2, 0.25) is 0 Å². The van der Waals surface area contributed by atoms with Gasteiger partial charge in [-0.05, 0) is 5.56 Å². The molecule has 0 N–H and O–H groups in total. The fourth-order valence-corrected chi connectivity index (χ4v) is 3.94. The third kappa shape index (κ3) is 2.94. The van der Waals surface area contributed by atoms with Crippen molar-refractivity contribution < 1.29 is 14.3 Å². The number of Topliss-reactive ketones (excluding diaryl/α,β-unsaturated/α-hetero) is 1. The molecule has 4 rings (SSSR count). The number of hydrogen-bond acceptors (Lipinski definition) is 6. The first-order valence-corrected chi connectivity index (χ1v) is 9.13. The average molecular weight is 367 g/mol. The van der Waals surface area contributed by atoms with Gasteiger partial charge in [0.25, 0.3) is 0 Å². The van der Waals surface area contributed by atoms with Gasteiger partial charge in [-0.15, -0.1) is 11.3 Å². The first-order valence-electron chi connectivity index (χ1n) is 8.25. The SMILES string of the molecule is Cn1cc(-c2nc(COC(=O)C3(c4ccccc4)CC(=O)C3)cs2)cn1. The molecule has 6 nitrogen and oxygen atoms in total. The Hall–Kier alpha value is -2.80. The van der Waals surface area contributed by atoms with E-state index >= 15 is 0 Å². The summed E-state index contributed by atoms with van der Waals surface area (Å²) in [6.07, 6.45) is 4.04. The van der Waals surface area contributed by atoms with E-state index in [-0.39, 0.29) is 31.2 Å². The molecule has 132 valence electrons. The first kappa shape index (κ1) is 16.7. The Morgan fingerprint density at radius 1 is 1.31 bits per heavy atom. The Bertz CT molecular complexity index is 953. The smallest absolute Gasteiger partial charge is 0.317 e. The number of esters is 1. The van der Waals surface area contributed by atoms with Gasteiger partial charge in [0.15, 0.2) is 0 Å². The largest absolute Gasteiger partial charge is 0.458 e. The molecule has 2 aromatic heterocycles. The minimum atomic E-state index is -0.847. The van der Waals surface area contributed by atoms with Crippen LogP contribution in [0.15, 0.2) is 48.1 Å². The van der Waals surface area contributed by atoms with Gasteiger partial charge in [-0.1, -0.05) is 30.3 Å². The fraction of sp³-hybridized carbons (Fsp3) is 0.263. The van der Waals surface area contributed by atoms with E-state index in [2.05, 4.69) is 10.1 Å². The van der Waals surface area contributed by atoms with E-state index in [1.54, 1.807) is 10.9 Å². The van der Waals surface area contributed by atoms with Gasteiger partial charge < -0.3 is 4.74 Å². The zero-order chi connectivity index (χ0) is 18.1. The molecule has 1 fully saturated rings. The Morgan fingerprint density at radius 3 is 2.73 bits per heavy atom. The number of carbonyl (C=O) groups excluding carboxylic acids is 2. The van der Waals surface area contributed by atoms with Crippen LogP contribution < -0.4 is 0 Å². The average Bonchev–Trinajstić information content (AvgIpc) is 3.26. The number of thiazole rings is 1. The number of benzene rings is 1. The first-order chi connectivity index (χ1) is 12.6. The minimum Gasteiger partial charge on any atom is -0.458 e. The van der Waals surface area contributed by atoms with Crippen LogP contribution in [0.25, 0.3) is 10.6 Å². The second-order valence-electron chi connectivity index (χ2n) is 6.46. The van der Waals surface area contributed by atoms with Gasteiger partial charge in [-0.25, -0.2) is 4.98 Å². The van der Waals surface area contributed by atoms with Crippen LogP contribution in [0.3, 0.4) is 0 Å². The van der Waals surface area contributed by atoms with Crippen LogP contribution >= 0.6 is 11.3 Å². The quantitative estimate of drug-likeness (QED) is 0.648. The molecule has 0 radical (unpaired) electrons. The van der Waals surface area contributed by atoms with E-state index in [1.165, 1.54) is 11.3 Å². The van der Waals surface area contributed by atoms with Crippen LogP contribution in [0.5, 0.6) is 0 Å². The number of ketones is 1. The molecule has 1 saturated carbocycles. The summed E-state index contributed by atoms with van der Waals surface area (Å²) >= 11 is 1.48. The summed E-state index contributed by atoms with van der Waals surface area (Å²) in [5, 5.41) is 6.84. The molecule has 0 saturated heterocycles. The van der Waals surface area contributed by atoms with Crippen LogP contribution in [0, 0.1) is 0 Å². The van der Waals surface area contributed by atoms with Crippen LogP contribution in [0.1, 0.15) is 24.1 Å². The molecule has 0 bridgehead atoms. The molecule has 0 aliphatic heterocycles. The Kier molecular flexibility index (Phi) is 4.16. The van der Waals surface area contributed by atoms with Gasteiger partial charge in [0.05, 0.1) is 11.9 Å². The van der Waals surface area contributed by atoms with Gasteiger partial charge >= 0.3 is 5.97 Å². The lowest BCUT2D eigenvalue weighted by Crippen LogP contribution is -2.49. The molecule has 0 atom stereocenters. The highest BCUT2D eigenvalue weighted by Crippen LogP contribution is 2.42. The molecule has 1 aliphatic rings. The highest BCUT2D eigenvalue weighted by atomic mass is 32.1. The number of carbonyl (C=O) groups is 2. The van der Waals surface area contributed by atoms with Gasteiger partial charge in [-0.2, -0.15) is 5.10 Å². The number of aromatic nitrogens is 3. The Balaban J connectivity index is 1.46. The maximum Gasteiger partial charge on any atom is 0.317 e. The van der Waals surface area contributed by atoms with E-state index in [4.69, 9.17) is 4.74 Å². The summed E-state index contributed by atoms with van der Waals surface area (Å²) in [5.74, 6) is -0.280. The zero-order valence-electron chi connectivity index (χ0n) is 14.2. The normalized spacial score (nSPS) is 15.5. The van der Waals surface area contributed by atoms with Crippen molar-refractivity contribution in [1.82, 2.24) is 14.8 Å². The lowest BCUT2D eigenvalue weighted by atomic mass is 9.63. The van der Waals surface area contributed by atoms with Crippen LogP contribution in [0.2, 0.25) is 0 Å². The predicted octanol–water partition coefficient (Wildman–Crippen LogP) is 2.89. The zero-order valence-corrected chi connectivity index (χ0v) is 15.0. The second kappa shape index (κ2) is 6.49. The van der Waals surface area contributed by atoms with E-state index in [9.17, 15) is 9.59 Å². The highest BCUT2D eigenvalue weighted by Gasteiger charge is 2.52. The topological polar surface area (TPSA) is 74.1 Å². The van der Waals surface area contributed by atoms with Crippen LogP contribution in [0.4, 0.5) is 0 Å². The van der Waals surface area contributed by atoms with Crippen molar-refractivity contribution in [2.45, 2.75) is 24.9 Å². The fourth-order valence-electron chi connectivity index (χ4n) is 3.16. The summed E-state index contributed by atoms with van der Waals surface area (Å²) in [5.41, 5.74) is 1.61. The number of rotatable bonds is 5. The third-order valence-corrected chi connectivity index (χ3v) is 5.51. The third-order valence-electron chi connectivity index (χ3n) is 4.57. The molecule has 0 unspecified atom stereocenters. The standard InChI is InChI=1S/C19H17N3O3S/c1-22-10-13(9-20-22)17-21-15(12-26-17)11-25-18(24)19(7-16(23)8-19)14-5-3-2-4-6-14/h2-6,9-10,12H,7-8,11H2,1H3. The lowest BCUT2D eigenvalue weighted by Gasteiger charge is -2.38. The maximum absolute atomic E-state index is 12.7. The summed E-state index contributed by atoms with van der Waals surface area (Å²) in [6, 6.07) is 9.37. The van der Waals surface area contributed by atoms with Gasteiger partial charge in [-0.3, -0.25) is 14.3 Å². The van der Waals surface area contributed by atoms with Gasteiger partial charge in [0.1, 0.15) is 22.8 Å². The molecule has 26 heavy (non-hydrogen) atoms. The summed E-state index contributed by atoms with van der Waals surface area (Å²) < 4.78 is 7.24. The molecule has 7 heteroatoms. The predicted molar refractivity (Wildman–Crippen MR) is 96.5 cm³/mol. The number of aryl methyl sites for hydroxylation is 1. The van der Waals surface area contributed by atoms with Crippen molar-refractivity contribution in [3.63, 3.8) is 0 Å². The second-order valence-corrected chi connectivity index (χ2v) is 7.32. The Labute approximate surface area is 154 Å². The van der Waals surface area contributed by atoms with E-state index in [0.717, 1.165) is 16.1 Å². The van der Waals surface area contributed by atoms with Crippen molar-refractivity contribution in [1.29, 1.82) is 0 Å². The number of hydrogen-bond donors (Lipinski definition) is 0. The van der Waals surface area contributed by atoms with Crippen LogP contribution in [-0.2, 0) is 33.4 Å². The molecule has 1 aliphatic carbocycles. The molecule has 1 aromatic carbocycles. The van der Waals surface area contributed by atoms with E-state index in [1.807, 2.05) is 49.0 Å². The van der Waals surface area contributed by atoms with Crippen molar-refractivity contribution in [2.24, 2.45) is 7.05 Å². The van der Waals surface area contributed by atoms with Crippen molar-refractivity contribution >= 4 is 23.1 Å². The summed E-state index contributed by atoms with van der Waals surface area (Å²) in [6.45, 7) is 0.0956. The van der Waals surface area contributed by atoms with Gasteiger partial charge in [0, 0.05) is 37.0 Å². The van der Waals surface area contributed by atoms with Crippen LogP contribution in [-0.4, -0.2) is 26.5 Å². The maximum atomic E-state index is 12.7. The monoisotopic (exact) mass is 367 g/mol.